The van der Waals surface area contributed by atoms with E-state index >= 15 is 0 Å². The van der Waals surface area contributed by atoms with Gasteiger partial charge in [-0.1, -0.05) is 6.07 Å². The number of hydrogen-bond acceptors (Lipinski definition) is 2. The van der Waals surface area contributed by atoms with E-state index in [0.717, 1.165) is 5.56 Å². The van der Waals surface area contributed by atoms with E-state index in [4.69, 9.17) is 5.26 Å². The molecule has 0 aliphatic carbocycles. The van der Waals surface area contributed by atoms with Crippen LogP contribution in [0.3, 0.4) is 0 Å². The van der Waals surface area contributed by atoms with Crippen molar-refractivity contribution in [3.8, 4) is 6.07 Å². The quantitative estimate of drug-likeness (QED) is 0.682. The van der Waals surface area contributed by atoms with Crippen molar-refractivity contribution in [2.24, 2.45) is 5.92 Å². The van der Waals surface area contributed by atoms with Crippen molar-refractivity contribution in [3.05, 3.63) is 34.2 Å². The molecule has 0 aliphatic heterocycles. The lowest BCUT2D eigenvalue weighted by Gasteiger charge is -2.06. The first-order valence-corrected chi connectivity index (χ1v) is 4.20. The number of aromatic nitrogens is 1. The average Bonchev–Trinajstić information content (AvgIpc) is 2.11. The van der Waals surface area contributed by atoms with Gasteiger partial charge in [0.05, 0.1) is 12.0 Å². The Balaban J connectivity index is 2.95. The second-order valence-corrected chi connectivity index (χ2v) is 3.23. The highest BCUT2D eigenvalue weighted by Gasteiger charge is 2.02. The standard InChI is InChI=1S/C10H12N2O/c1-8-3-4-10(13)12(6-8)7-9(2)5-11/h3-4,6,9H,7H2,1-2H3. The molecule has 0 aromatic carbocycles. The summed E-state index contributed by atoms with van der Waals surface area (Å²) >= 11 is 0. The molecule has 1 atom stereocenters. The molecule has 1 heterocycles. The van der Waals surface area contributed by atoms with Crippen LogP contribution in [0.5, 0.6) is 0 Å². The smallest absolute Gasteiger partial charge is 0.250 e. The molecule has 0 saturated heterocycles. The first-order chi connectivity index (χ1) is 6.13. The molecule has 0 bridgehead atoms. The van der Waals surface area contributed by atoms with Crippen LogP contribution >= 0.6 is 0 Å². The maximum atomic E-state index is 11.3. The molecule has 1 rings (SSSR count). The first kappa shape index (κ1) is 9.53. The molecule has 0 saturated carbocycles. The predicted molar refractivity (Wildman–Crippen MR) is 50.2 cm³/mol. The summed E-state index contributed by atoms with van der Waals surface area (Å²) in [6, 6.07) is 5.40. The van der Waals surface area contributed by atoms with Crippen LogP contribution in [-0.4, -0.2) is 4.57 Å². The fourth-order valence-corrected chi connectivity index (χ4v) is 1.13. The van der Waals surface area contributed by atoms with Crippen LogP contribution in [0.2, 0.25) is 0 Å². The van der Waals surface area contributed by atoms with E-state index in [9.17, 15) is 4.79 Å². The molecule has 3 nitrogen and oxygen atoms in total. The van der Waals surface area contributed by atoms with Gasteiger partial charge in [-0.25, -0.2) is 0 Å². The third kappa shape index (κ3) is 2.45. The predicted octanol–water partition coefficient (Wildman–Crippen LogP) is 1.32. The van der Waals surface area contributed by atoms with Crippen molar-refractivity contribution >= 4 is 0 Å². The molecule has 0 spiro atoms. The minimum atomic E-state index is -0.125. The van der Waals surface area contributed by atoms with E-state index in [1.54, 1.807) is 23.8 Å². The van der Waals surface area contributed by atoms with Gasteiger partial charge >= 0.3 is 0 Å². The van der Waals surface area contributed by atoms with Crippen LogP contribution in [0.1, 0.15) is 12.5 Å². The zero-order valence-electron chi connectivity index (χ0n) is 7.82. The fraction of sp³-hybridized carbons (Fsp3) is 0.400. The number of nitrogens with zero attached hydrogens (tertiary/aromatic N) is 2. The summed E-state index contributed by atoms with van der Waals surface area (Å²) in [5, 5.41) is 8.59. The Labute approximate surface area is 77.2 Å². The summed E-state index contributed by atoms with van der Waals surface area (Å²) in [5.74, 6) is -0.125. The lowest BCUT2D eigenvalue weighted by Crippen LogP contribution is -2.21. The second kappa shape index (κ2) is 3.90. The summed E-state index contributed by atoms with van der Waals surface area (Å²) in [5.41, 5.74) is 0.984. The zero-order chi connectivity index (χ0) is 9.84. The van der Waals surface area contributed by atoms with Crippen LogP contribution in [-0.2, 0) is 6.54 Å². The van der Waals surface area contributed by atoms with Crippen molar-refractivity contribution in [1.29, 1.82) is 5.26 Å². The highest BCUT2D eigenvalue weighted by atomic mass is 16.1. The number of hydrogen-bond donors (Lipinski definition) is 0. The lowest BCUT2D eigenvalue weighted by atomic mass is 10.2. The molecule has 0 fully saturated rings. The van der Waals surface area contributed by atoms with Crippen molar-refractivity contribution in [1.82, 2.24) is 4.57 Å². The minimum Gasteiger partial charge on any atom is -0.314 e. The van der Waals surface area contributed by atoms with E-state index in [-0.39, 0.29) is 11.5 Å². The Morgan fingerprint density at radius 1 is 1.62 bits per heavy atom. The van der Waals surface area contributed by atoms with Crippen molar-refractivity contribution in [2.45, 2.75) is 20.4 Å². The van der Waals surface area contributed by atoms with E-state index in [0.29, 0.717) is 6.54 Å². The number of aryl methyl sites for hydroxylation is 1. The molecule has 1 aromatic heterocycles. The van der Waals surface area contributed by atoms with Gasteiger partial charge in [-0.15, -0.1) is 0 Å². The third-order valence-corrected chi connectivity index (χ3v) is 1.82. The van der Waals surface area contributed by atoms with Gasteiger partial charge in [-0.3, -0.25) is 4.79 Å². The molecule has 68 valence electrons. The molecular formula is C10H12N2O. The molecule has 0 amide bonds. The Kier molecular flexibility index (Phi) is 2.86. The Morgan fingerprint density at radius 2 is 2.31 bits per heavy atom. The second-order valence-electron chi connectivity index (χ2n) is 3.23. The molecule has 1 aromatic rings. The normalized spacial score (nSPS) is 12.1. The number of nitriles is 1. The van der Waals surface area contributed by atoms with Crippen molar-refractivity contribution in [3.63, 3.8) is 0 Å². The van der Waals surface area contributed by atoms with Gasteiger partial charge in [-0.05, 0) is 19.4 Å². The Bertz CT molecular complexity index is 387. The lowest BCUT2D eigenvalue weighted by molar-refractivity contribution is 0.563. The van der Waals surface area contributed by atoms with Gasteiger partial charge in [0.25, 0.3) is 5.56 Å². The summed E-state index contributed by atoms with van der Waals surface area (Å²) in [6.45, 7) is 4.19. The van der Waals surface area contributed by atoms with Gasteiger partial charge in [0.2, 0.25) is 0 Å². The summed E-state index contributed by atoms with van der Waals surface area (Å²) < 4.78 is 1.57. The topological polar surface area (TPSA) is 45.8 Å². The molecule has 0 aliphatic rings. The third-order valence-electron chi connectivity index (χ3n) is 1.82. The van der Waals surface area contributed by atoms with Gasteiger partial charge in [0, 0.05) is 18.8 Å². The van der Waals surface area contributed by atoms with Crippen molar-refractivity contribution < 1.29 is 0 Å². The summed E-state index contributed by atoms with van der Waals surface area (Å²) in [7, 11) is 0. The van der Waals surface area contributed by atoms with Crippen LogP contribution in [0.15, 0.2) is 23.1 Å². The summed E-state index contributed by atoms with van der Waals surface area (Å²) in [4.78, 5) is 11.3. The highest BCUT2D eigenvalue weighted by Crippen LogP contribution is 1.98. The fourth-order valence-electron chi connectivity index (χ4n) is 1.13. The monoisotopic (exact) mass is 176 g/mol. The van der Waals surface area contributed by atoms with E-state index in [1.807, 2.05) is 6.92 Å². The molecular weight excluding hydrogens is 164 g/mol. The SMILES string of the molecule is Cc1ccc(=O)n(CC(C)C#N)c1. The average molecular weight is 176 g/mol. The van der Waals surface area contributed by atoms with Crippen LogP contribution in [0, 0.1) is 24.2 Å². The molecule has 0 N–H and O–H groups in total. The van der Waals surface area contributed by atoms with E-state index in [2.05, 4.69) is 6.07 Å². The molecule has 0 radical (unpaired) electrons. The number of rotatable bonds is 2. The van der Waals surface area contributed by atoms with Crippen LogP contribution in [0.25, 0.3) is 0 Å². The molecule has 13 heavy (non-hydrogen) atoms. The highest BCUT2D eigenvalue weighted by molar-refractivity contribution is 5.07. The number of pyridine rings is 1. The largest absolute Gasteiger partial charge is 0.314 e. The van der Waals surface area contributed by atoms with Gasteiger partial charge in [-0.2, -0.15) is 5.26 Å². The van der Waals surface area contributed by atoms with E-state index in [1.165, 1.54) is 6.07 Å². The Morgan fingerprint density at radius 3 is 2.92 bits per heavy atom. The molecule has 1 unspecified atom stereocenters. The van der Waals surface area contributed by atoms with Gasteiger partial charge < -0.3 is 4.57 Å². The Hall–Kier alpha value is -1.56. The van der Waals surface area contributed by atoms with Gasteiger partial charge in [0.1, 0.15) is 0 Å². The maximum absolute atomic E-state index is 11.3. The zero-order valence-corrected chi connectivity index (χ0v) is 7.82. The maximum Gasteiger partial charge on any atom is 0.250 e. The minimum absolute atomic E-state index is 0.0484. The van der Waals surface area contributed by atoms with Gasteiger partial charge in [0.15, 0.2) is 0 Å². The van der Waals surface area contributed by atoms with Crippen LogP contribution < -0.4 is 5.56 Å². The van der Waals surface area contributed by atoms with Crippen LogP contribution in [0.4, 0.5) is 0 Å². The molecule has 3 heteroatoms. The van der Waals surface area contributed by atoms with E-state index < -0.39 is 0 Å². The first-order valence-electron chi connectivity index (χ1n) is 4.20. The summed E-state index contributed by atoms with van der Waals surface area (Å²) in [6.07, 6.45) is 1.77. The van der Waals surface area contributed by atoms with Crippen molar-refractivity contribution in [2.75, 3.05) is 0 Å².